The Balaban J connectivity index is 1.48. The van der Waals surface area contributed by atoms with Crippen molar-refractivity contribution in [1.29, 1.82) is 0 Å². The van der Waals surface area contributed by atoms with Crippen LogP contribution in [0.3, 0.4) is 0 Å². The van der Waals surface area contributed by atoms with Crippen LogP contribution >= 0.6 is 11.3 Å². The molecule has 0 fully saturated rings. The minimum atomic E-state index is -0.442. The third kappa shape index (κ3) is 3.68. The van der Waals surface area contributed by atoms with Crippen molar-refractivity contribution in [2.24, 2.45) is 0 Å². The van der Waals surface area contributed by atoms with Crippen molar-refractivity contribution < 1.29 is 14.3 Å². The molecule has 3 heterocycles. The highest BCUT2D eigenvalue weighted by molar-refractivity contribution is 7.15. The van der Waals surface area contributed by atoms with Crippen molar-refractivity contribution in [2.45, 2.75) is 20.0 Å². The number of carbonyl (C=O) groups excluding carboxylic acids is 1. The minimum absolute atomic E-state index is 0.191. The number of fused-ring (bicyclic) bond motifs is 3. The molecule has 0 amide bonds. The second-order valence-electron chi connectivity index (χ2n) is 8.24. The van der Waals surface area contributed by atoms with Crippen LogP contribution in [0.25, 0.3) is 39.3 Å². The number of nitrogens with zero attached hydrogens (tertiary/aromatic N) is 3. The zero-order chi connectivity index (χ0) is 24.1. The lowest BCUT2D eigenvalue weighted by molar-refractivity contribution is -0.131. The Bertz CT molecular complexity index is 1780. The highest BCUT2D eigenvalue weighted by Crippen LogP contribution is 2.36. The third-order valence-electron chi connectivity index (χ3n) is 5.86. The van der Waals surface area contributed by atoms with Gasteiger partial charge in [-0.15, -0.1) is 5.10 Å². The summed E-state index contributed by atoms with van der Waals surface area (Å²) in [4.78, 5) is 30.0. The summed E-state index contributed by atoms with van der Waals surface area (Å²) in [5.41, 5.74) is 2.19. The van der Waals surface area contributed by atoms with Crippen LogP contribution in [0.1, 0.15) is 19.4 Å². The first-order valence-corrected chi connectivity index (χ1v) is 11.9. The van der Waals surface area contributed by atoms with Crippen molar-refractivity contribution in [3.63, 3.8) is 0 Å². The van der Waals surface area contributed by atoms with Crippen LogP contribution in [0.5, 0.6) is 11.5 Å². The Hall–Kier alpha value is -4.30. The predicted octanol–water partition coefficient (Wildman–Crippen LogP) is 4.26. The van der Waals surface area contributed by atoms with E-state index in [0.717, 1.165) is 27.7 Å². The van der Waals surface area contributed by atoms with Gasteiger partial charge in [0.25, 0.3) is 5.56 Å². The van der Waals surface area contributed by atoms with Gasteiger partial charge >= 0.3 is 5.97 Å². The van der Waals surface area contributed by atoms with E-state index in [0.29, 0.717) is 26.6 Å². The molecule has 1 unspecified atom stereocenters. The molecular formula is C27H19N3O4S. The van der Waals surface area contributed by atoms with E-state index in [1.807, 2.05) is 73.7 Å². The first kappa shape index (κ1) is 21.2. The van der Waals surface area contributed by atoms with Gasteiger partial charge in [-0.05, 0) is 47.6 Å². The molecule has 1 aliphatic rings. The van der Waals surface area contributed by atoms with Crippen molar-refractivity contribution >= 4 is 45.2 Å². The van der Waals surface area contributed by atoms with Gasteiger partial charge < -0.3 is 9.47 Å². The van der Waals surface area contributed by atoms with Crippen LogP contribution in [-0.4, -0.2) is 26.7 Å². The summed E-state index contributed by atoms with van der Waals surface area (Å²) < 4.78 is 13.3. The topological polar surface area (TPSA) is 82.8 Å². The number of hydrogen-bond acceptors (Lipinski definition) is 7. The van der Waals surface area contributed by atoms with E-state index < -0.39 is 5.97 Å². The lowest BCUT2D eigenvalue weighted by atomic mass is 10.0. The minimum Gasteiger partial charge on any atom is -0.485 e. The van der Waals surface area contributed by atoms with Crippen molar-refractivity contribution in [3.05, 3.63) is 86.7 Å². The van der Waals surface area contributed by atoms with Gasteiger partial charge in [0.05, 0.1) is 10.1 Å². The Kier molecular flexibility index (Phi) is 4.96. The summed E-state index contributed by atoms with van der Waals surface area (Å²) in [5, 5.41) is 6.30. The summed E-state index contributed by atoms with van der Waals surface area (Å²) in [7, 11) is 0. The molecule has 0 saturated heterocycles. The highest BCUT2D eigenvalue weighted by atomic mass is 32.1. The number of carbonyl (C=O) groups is 1. The second kappa shape index (κ2) is 8.18. The Morgan fingerprint density at radius 2 is 1.91 bits per heavy atom. The number of aromatic nitrogens is 3. The number of thiazole rings is 1. The largest absolute Gasteiger partial charge is 0.485 e. The number of hydrogen-bond donors (Lipinski definition) is 0. The molecule has 7 nitrogen and oxygen atoms in total. The molecule has 6 rings (SSSR count). The van der Waals surface area contributed by atoms with Gasteiger partial charge in [-0.2, -0.15) is 9.50 Å². The molecule has 0 aliphatic carbocycles. The Morgan fingerprint density at radius 3 is 2.74 bits per heavy atom. The highest BCUT2D eigenvalue weighted by Gasteiger charge is 2.21. The summed E-state index contributed by atoms with van der Waals surface area (Å²) in [6.07, 6.45) is 3.68. The summed E-state index contributed by atoms with van der Waals surface area (Å²) in [6, 6.07) is 19.1. The molecule has 8 heteroatoms. The van der Waals surface area contributed by atoms with E-state index in [4.69, 9.17) is 9.47 Å². The van der Waals surface area contributed by atoms with Crippen molar-refractivity contribution in [1.82, 2.24) is 14.6 Å². The molecule has 0 bridgehead atoms. The van der Waals surface area contributed by atoms with E-state index >= 15 is 0 Å². The van der Waals surface area contributed by atoms with Gasteiger partial charge in [0, 0.05) is 12.5 Å². The monoisotopic (exact) mass is 481 g/mol. The maximum absolute atomic E-state index is 13.2. The molecule has 0 spiro atoms. The number of para-hydroxylation sites is 1. The third-order valence-corrected chi connectivity index (χ3v) is 6.82. The Morgan fingerprint density at radius 1 is 1.11 bits per heavy atom. The zero-order valence-corrected chi connectivity index (χ0v) is 19.7. The van der Waals surface area contributed by atoms with Crippen LogP contribution in [0, 0.1) is 0 Å². The molecule has 5 aromatic rings. The van der Waals surface area contributed by atoms with E-state index in [1.165, 1.54) is 22.8 Å². The fraction of sp³-hybridized carbons (Fsp3) is 0.111. The molecular weight excluding hydrogens is 462 g/mol. The van der Waals surface area contributed by atoms with E-state index in [9.17, 15) is 9.59 Å². The van der Waals surface area contributed by atoms with Gasteiger partial charge in [-0.25, -0.2) is 0 Å². The maximum Gasteiger partial charge on any atom is 0.308 e. The molecule has 35 heavy (non-hydrogen) atoms. The fourth-order valence-electron chi connectivity index (χ4n) is 4.23. The molecule has 1 aliphatic heterocycles. The van der Waals surface area contributed by atoms with Gasteiger partial charge in [-0.1, -0.05) is 59.9 Å². The first-order valence-electron chi connectivity index (χ1n) is 11.1. The normalized spacial score (nSPS) is 15.7. The molecule has 0 N–H and O–H groups in total. The molecule has 2 aromatic heterocycles. The molecule has 3 aromatic carbocycles. The molecule has 0 radical (unpaired) electrons. The molecule has 172 valence electrons. The van der Waals surface area contributed by atoms with E-state index in [-0.39, 0.29) is 11.7 Å². The van der Waals surface area contributed by atoms with Crippen LogP contribution in [0.15, 0.2) is 71.0 Å². The van der Waals surface area contributed by atoms with Crippen LogP contribution < -0.4 is 19.6 Å². The summed E-state index contributed by atoms with van der Waals surface area (Å²) in [6.45, 7) is 3.30. The number of benzene rings is 3. The quantitative estimate of drug-likeness (QED) is 0.283. The lowest BCUT2D eigenvalue weighted by Crippen LogP contribution is -2.26. The second-order valence-corrected chi connectivity index (χ2v) is 9.25. The summed E-state index contributed by atoms with van der Waals surface area (Å²) in [5.74, 6) is 1.06. The van der Waals surface area contributed by atoms with Crippen LogP contribution in [0.4, 0.5) is 0 Å². The first-order chi connectivity index (χ1) is 17.0. The average molecular weight is 482 g/mol. The van der Waals surface area contributed by atoms with Crippen LogP contribution in [-0.2, 0) is 4.79 Å². The van der Waals surface area contributed by atoms with Crippen molar-refractivity contribution in [3.8, 4) is 22.9 Å². The van der Waals surface area contributed by atoms with E-state index in [2.05, 4.69) is 10.1 Å². The van der Waals surface area contributed by atoms with Gasteiger partial charge in [-0.3, -0.25) is 9.59 Å². The SMILES string of the molecule is CC(=O)Oc1ccc2ccccc2c1-c1nc2s/c(=C/C3=Cc4ccccc4OC3C)c(=O)n2n1. The zero-order valence-electron chi connectivity index (χ0n) is 18.9. The molecule has 0 saturated carbocycles. The standard InChI is InChI=1S/C27H19N3O4S/c1-15-19(13-18-8-4-6-10-21(18)33-15)14-23-26(32)30-27(35-23)28-25(29-30)24-20-9-5-3-7-17(20)11-12-22(24)34-16(2)31/h3-15H,1-2H3/b23-14+. The lowest BCUT2D eigenvalue weighted by Gasteiger charge is -2.22. The molecule has 1 atom stereocenters. The van der Waals surface area contributed by atoms with E-state index in [1.54, 1.807) is 6.07 Å². The van der Waals surface area contributed by atoms with Crippen LogP contribution in [0.2, 0.25) is 0 Å². The Labute approximate surface area is 203 Å². The van der Waals surface area contributed by atoms with Gasteiger partial charge in [0.15, 0.2) is 5.82 Å². The number of rotatable bonds is 3. The number of esters is 1. The fourth-order valence-corrected chi connectivity index (χ4v) is 5.14. The predicted molar refractivity (Wildman–Crippen MR) is 136 cm³/mol. The summed E-state index contributed by atoms with van der Waals surface area (Å²) >= 11 is 1.26. The average Bonchev–Trinajstić information content (AvgIpc) is 3.38. The van der Waals surface area contributed by atoms with Gasteiger partial charge in [0.2, 0.25) is 4.96 Å². The van der Waals surface area contributed by atoms with Gasteiger partial charge in [0.1, 0.15) is 17.6 Å². The number of ether oxygens (including phenoxy) is 2. The smallest absolute Gasteiger partial charge is 0.308 e. The maximum atomic E-state index is 13.2. The van der Waals surface area contributed by atoms with Crippen molar-refractivity contribution in [2.75, 3.05) is 0 Å².